The Balaban J connectivity index is 2.29. The van der Waals surface area contributed by atoms with Crippen LogP contribution < -0.4 is 11.1 Å². The lowest BCUT2D eigenvalue weighted by atomic mass is 9.86. The van der Waals surface area contributed by atoms with Gasteiger partial charge in [-0.15, -0.1) is 0 Å². The number of hydrogen-bond acceptors (Lipinski definition) is 2. The molecule has 1 amide bonds. The largest absolute Gasteiger partial charge is 0.354 e. The zero-order chi connectivity index (χ0) is 12.2. The highest BCUT2D eigenvalue weighted by Gasteiger charge is 2.27. The Morgan fingerprint density at radius 3 is 2.38 bits per heavy atom. The van der Waals surface area contributed by atoms with Crippen LogP contribution in [0.2, 0.25) is 0 Å². The zero-order valence-corrected chi connectivity index (χ0v) is 10.9. The molecule has 1 aliphatic carbocycles. The lowest BCUT2D eigenvalue weighted by Crippen LogP contribution is -2.49. The van der Waals surface area contributed by atoms with Crippen LogP contribution in [0.15, 0.2) is 0 Å². The van der Waals surface area contributed by atoms with Gasteiger partial charge in [0.1, 0.15) is 0 Å². The second-order valence-corrected chi connectivity index (χ2v) is 6.09. The molecule has 1 atom stereocenters. The van der Waals surface area contributed by atoms with Crippen molar-refractivity contribution in [2.24, 2.45) is 17.1 Å². The van der Waals surface area contributed by atoms with E-state index in [1.807, 2.05) is 20.8 Å². The normalized spacial score (nSPS) is 20.5. The van der Waals surface area contributed by atoms with Crippen molar-refractivity contribution in [1.29, 1.82) is 0 Å². The summed E-state index contributed by atoms with van der Waals surface area (Å²) in [6.07, 6.45) is 6.49. The Bertz CT molecular complexity index is 227. The number of carbonyl (C=O) groups excluding carboxylic acids is 1. The molecule has 1 unspecified atom stereocenters. The van der Waals surface area contributed by atoms with Gasteiger partial charge in [-0.05, 0) is 24.2 Å². The maximum absolute atomic E-state index is 11.8. The van der Waals surface area contributed by atoms with Gasteiger partial charge in [0, 0.05) is 6.54 Å². The van der Waals surface area contributed by atoms with E-state index in [1.54, 1.807) is 0 Å². The summed E-state index contributed by atoms with van der Waals surface area (Å²) < 4.78 is 0. The molecule has 94 valence electrons. The number of hydrogen-bond donors (Lipinski definition) is 2. The topological polar surface area (TPSA) is 55.1 Å². The van der Waals surface area contributed by atoms with E-state index in [4.69, 9.17) is 5.73 Å². The summed E-state index contributed by atoms with van der Waals surface area (Å²) in [5.74, 6) is 0.669. The highest BCUT2D eigenvalue weighted by molar-refractivity contribution is 5.82. The average Bonchev–Trinajstić information content (AvgIpc) is 2.25. The summed E-state index contributed by atoms with van der Waals surface area (Å²) in [6.45, 7) is 6.80. The van der Waals surface area contributed by atoms with E-state index in [0.717, 1.165) is 6.54 Å². The zero-order valence-electron chi connectivity index (χ0n) is 10.9. The van der Waals surface area contributed by atoms with Crippen molar-refractivity contribution < 1.29 is 4.79 Å². The van der Waals surface area contributed by atoms with Crippen molar-refractivity contribution in [1.82, 2.24) is 5.32 Å². The lowest BCUT2D eigenvalue weighted by molar-refractivity contribution is -0.124. The van der Waals surface area contributed by atoms with Crippen LogP contribution >= 0.6 is 0 Å². The molecule has 0 saturated heterocycles. The molecule has 0 heterocycles. The van der Waals surface area contributed by atoms with Gasteiger partial charge >= 0.3 is 0 Å². The van der Waals surface area contributed by atoms with Gasteiger partial charge in [-0.2, -0.15) is 0 Å². The molecule has 0 aromatic rings. The smallest absolute Gasteiger partial charge is 0.237 e. The third-order valence-corrected chi connectivity index (χ3v) is 3.51. The quantitative estimate of drug-likeness (QED) is 0.774. The first-order valence-electron chi connectivity index (χ1n) is 6.44. The summed E-state index contributed by atoms with van der Waals surface area (Å²) in [5, 5.41) is 2.99. The van der Waals surface area contributed by atoms with Crippen LogP contribution in [-0.2, 0) is 4.79 Å². The molecule has 0 bridgehead atoms. The van der Waals surface area contributed by atoms with Crippen LogP contribution in [0, 0.1) is 11.3 Å². The van der Waals surface area contributed by atoms with Crippen LogP contribution in [0.3, 0.4) is 0 Å². The molecule has 0 spiro atoms. The van der Waals surface area contributed by atoms with Gasteiger partial charge in [-0.1, -0.05) is 40.0 Å². The monoisotopic (exact) mass is 226 g/mol. The summed E-state index contributed by atoms with van der Waals surface area (Å²) in [7, 11) is 0. The lowest BCUT2D eigenvalue weighted by Gasteiger charge is -2.27. The Morgan fingerprint density at radius 2 is 1.88 bits per heavy atom. The minimum absolute atomic E-state index is 0.00178. The molecular weight excluding hydrogens is 200 g/mol. The van der Waals surface area contributed by atoms with Crippen LogP contribution in [0.25, 0.3) is 0 Å². The molecule has 0 aromatic heterocycles. The van der Waals surface area contributed by atoms with Gasteiger partial charge in [0.05, 0.1) is 6.04 Å². The first-order valence-corrected chi connectivity index (χ1v) is 6.44. The minimum Gasteiger partial charge on any atom is -0.354 e. The SMILES string of the molecule is CC(C)(C)C(N)C(=O)NCC1CCCCC1. The number of carbonyl (C=O) groups is 1. The van der Waals surface area contributed by atoms with E-state index in [9.17, 15) is 4.79 Å². The first-order chi connectivity index (χ1) is 7.41. The highest BCUT2D eigenvalue weighted by atomic mass is 16.2. The summed E-state index contributed by atoms with van der Waals surface area (Å²) in [4.78, 5) is 11.8. The third kappa shape index (κ3) is 4.12. The number of nitrogens with two attached hydrogens (primary N) is 1. The third-order valence-electron chi connectivity index (χ3n) is 3.51. The minimum atomic E-state index is -0.406. The maximum atomic E-state index is 11.8. The maximum Gasteiger partial charge on any atom is 0.237 e. The van der Waals surface area contributed by atoms with Crippen LogP contribution in [-0.4, -0.2) is 18.5 Å². The van der Waals surface area contributed by atoms with Crippen molar-refractivity contribution in [3.8, 4) is 0 Å². The number of nitrogens with one attached hydrogen (secondary N) is 1. The molecule has 1 rings (SSSR count). The molecular formula is C13H26N2O. The van der Waals surface area contributed by atoms with E-state index in [1.165, 1.54) is 32.1 Å². The van der Waals surface area contributed by atoms with Crippen molar-refractivity contribution >= 4 is 5.91 Å². The Labute approximate surface area is 99.2 Å². The predicted octanol–water partition coefficient (Wildman–Crippen LogP) is 2.06. The fourth-order valence-electron chi connectivity index (χ4n) is 2.14. The number of amides is 1. The Kier molecular flexibility index (Phi) is 4.78. The van der Waals surface area contributed by atoms with Gasteiger partial charge in [0.15, 0.2) is 0 Å². The van der Waals surface area contributed by atoms with E-state index >= 15 is 0 Å². The molecule has 0 aromatic carbocycles. The molecule has 0 radical (unpaired) electrons. The molecule has 3 heteroatoms. The molecule has 1 fully saturated rings. The van der Waals surface area contributed by atoms with Crippen molar-refractivity contribution in [3.63, 3.8) is 0 Å². The van der Waals surface area contributed by atoms with E-state index in [0.29, 0.717) is 5.92 Å². The molecule has 16 heavy (non-hydrogen) atoms. The molecule has 1 aliphatic rings. The first kappa shape index (κ1) is 13.5. The molecule has 1 saturated carbocycles. The average molecular weight is 226 g/mol. The summed E-state index contributed by atoms with van der Waals surface area (Å²) in [6, 6.07) is -0.406. The fraction of sp³-hybridized carbons (Fsp3) is 0.923. The highest BCUT2D eigenvalue weighted by Crippen LogP contribution is 2.23. The van der Waals surface area contributed by atoms with Gasteiger partial charge in [0.25, 0.3) is 0 Å². The molecule has 3 N–H and O–H groups in total. The van der Waals surface area contributed by atoms with E-state index in [-0.39, 0.29) is 11.3 Å². The van der Waals surface area contributed by atoms with Gasteiger partial charge in [0.2, 0.25) is 5.91 Å². The predicted molar refractivity (Wildman–Crippen MR) is 67.0 cm³/mol. The van der Waals surface area contributed by atoms with Gasteiger partial charge < -0.3 is 11.1 Å². The standard InChI is InChI=1S/C13H26N2O/c1-13(2,3)11(14)12(16)15-9-10-7-5-4-6-8-10/h10-11H,4-9,14H2,1-3H3,(H,15,16). The molecule has 3 nitrogen and oxygen atoms in total. The van der Waals surface area contributed by atoms with Crippen LogP contribution in [0.5, 0.6) is 0 Å². The van der Waals surface area contributed by atoms with Crippen molar-refractivity contribution in [2.45, 2.75) is 58.9 Å². The number of rotatable bonds is 3. The van der Waals surface area contributed by atoms with Gasteiger partial charge in [-0.25, -0.2) is 0 Å². The summed E-state index contributed by atoms with van der Waals surface area (Å²) in [5.41, 5.74) is 5.74. The summed E-state index contributed by atoms with van der Waals surface area (Å²) >= 11 is 0. The van der Waals surface area contributed by atoms with Crippen LogP contribution in [0.4, 0.5) is 0 Å². The van der Waals surface area contributed by atoms with E-state index in [2.05, 4.69) is 5.32 Å². The fourth-order valence-corrected chi connectivity index (χ4v) is 2.14. The second-order valence-electron chi connectivity index (χ2n) is 6.09. The van der Waals surface area contributed by atoms with Crippen LogP contribution in [0.1, 0.15) is 52.9 Å². The van der Waals surface area contributed by atoms with Gasteiger partial charge in [-0.3, -0.25) is 4.79 Å². The second kappa shape index (κ2) is 5.67. The Hall–Kier alpha value is -0.570. The van der Waals surface area contributed by atoms with E-state index < -0.39 is 6.04 Å². The van der Waals surface area contributed by atoms with Crippen molar-refractivity contribution in [2.75, 3.05) is 6.54 Å². The molecule has 0 aliphatic heterocycles. The van der Waals surface area contributed by atoms with Crippen molar-refractivity contribution in [3.05, 3.63) is 0 Å². The Morgan fingerprint density at radius 1 is 1.31 bits per heavy atom.